The molecule has 2 N–H and O–H groups in total. The van der Waals surface area contributed by atoms with Crippen molar-refractivity contribution in [2.75, 3.05) is 19.0 Å². The molecule has 2 aromatic rings. The summed E-state index contributed by atoms with van der Waals surface area (Å²) in [7, 11) is 1.62. The normalized spacial score (nSPS) is 10.0. The van der Waals surface area contributed by atoms with Crippen molar-refractivity contribution >= 4 is 11.7 Å². The maximum atomic E-state index is 12.0. The number of anilines is 1. The summed E-state index contributed by atoms with van der Waals surface area (Å²) in [5, 5.41) is 5.95. The number of hydrogen-bond acceptors (Lipinski definition) is 4. The Morgan fingerprint density at radius 2 is 2.14 bits per heavy atom. The first-order valence-corrected chi connectivity index (χ1v) is 6.84. The minimum Gasteiger partial charge on any atom is -0.497 e. The van der Waals surface area contributed by atoms with Crippen molar-refractivity contribution in [3.05, 3.63) is 53.7 Å². The molecule has 0 radical (unpaired) electrons. The second-order valence-corrected chi connectivity index (χ2v) is 4.50. The van der Waals surface area contributed by atoms with E-state index in [2.05, 4.69) is 15.6 Å². The quantitative estimate of drug-likeness (QED) is 0.855. The molecular formula is C16H19N3O2. The zero-order valence-electron chi connectivity index (χ0n) is 12.2. The molecule has 0 aliphatic rings. The van der Waals surface area contributed by atoms with Crippen LogP contribution >= 0.6 is 0 Å². The molecule has 21 heavy (non-hydrogen) atoms. The van der Waals surface area contributed by atoms with Gasteiger partial charge in [0.05, 0.1) is 12.7 Å². The highest BCUT2D eigenvalue weighted by atomic mass is 16.5. The summed E-state index contributed by atoms with van der Waals surface area (Å²) in [6.07, 6.45) is 1.57. The van der Waals surface area contributed by atoms with Crippen LogP contribution in [0.3, 0.4) is 0 Å². The fourth-order valence-corrected chi connectivity index (χ4v) is 1.88. The molecule has 0 atom stereocenters. The molecule has 1 aromatic carbocycles. The van der Waals surface area contributed by atoms with Crippen LogP contribution in [0.2, 0.25) is 0 Å². The van der Waals surface area contributed by atoms with Crippen molar-refractivity contribution in [1.29, 1.82) is 0 Å². The largest absolute Gasteiger partial charge is 0.497 e. The number of hydrogen-bond donors (Lipinski definition) is 2. The van der Waals surface area contributed by atoms with E-state index in [-0.39, 0.29) is 5.91 Å². The third-order valence-corrected chi connectivity index (χ3v) is 2.97. The van der Waals surface area contributed by atoms with Gasteiger partial charge in [-0.15, -0.1) is 0 Å². The fourth-order valence-electron chi connectivity index (χ4n) is 1.88. The highest BCUT2D eigenvalue weighted by Crippen LogP contribution is 2.12. The van der Waals surface area contributed by atoms with Crippen LogP contribution in [0.25, 0.3) is 0 Å². The number of nitrogens with one attached hydrogen (secondary N) is 2. The molecule has 0 aliphatic carbocycles. The molecule has 0 spiro atoms. The number of nitrogens with zero attached hydrogens (tertiary/aromatic N) is 1. The number of carbonyl (C=O) groups excluding carboxylic acids is 1. The maximum absolute atomic E-state index is 12.0. The van der Waals surface area contributed by atoms with Crippen molar-refractivity contribution in [3.63, 3.8) is 0 Å². The van der Waals surface area contributed by atoms with Crippen molar-refractivity contribution in [3.8, 4) is 5.75 Å². The lowest BCUT2D eigenvalue weighted by atomic mass is 10.2. The van der Waals surface area contributed by atoms with Gasteiger partial charge in [0.1, 0.15) is 11.6 Å². The summed E-state index contributed by atoms with van der Waals surface area (Å²) in [6, 6.07) is 11.2. The van der Waals surface area contributed by atoms with Crippen molar-refractivity contribution in [1.82, 2.24) is 10.3 Å². The van der Waals surface area contributed by atoms with Gasteiger partial charge in [-0.3, -0.25) is 4.79 Å². The van der Waals surface area contributed by atoms with Crippen molar-refractivity contribution < 1.29 is 9.53 Å². The lowest BCUT2D eigenvalue weighted by Crippen LogP contribution is -2.23. The minimum atomic E-state index is -0.145. The highest BCUT2D eigenvalue weighted by molar-refractivity contribution is 5.94. The Hall–Kier alpha value is -2.56. The van der Waals surface area contributed by atoms with E-state index >= 15 is 0 Å². The first kappa shape index (κ1) is 14.8. The van der Waals surface area contributed by atoms with Crippen LogP contribution in [0.1, 0.15) is 22.8 Å². The predicted molar refractivity (Wildman–Crippen MR) is 82.6 cm³/mol. The number of rotatable bonds is 6. The molecule has 0 aliphatic heterocycles. The Labute approximate surface area is 124 Å². The second-order valence-electron chi connectivity index (χ2n) is 4.50. The lowest BCUT2D eigenvalue weighted by Gasteiger charge is -2.07. The zero-order chi connectivity index (χ0) is 15.1. The molecule has 0 saturated heterocycles. The topological polar surface area (TPSA) is 63.2 Å². The number of methoxy groups -OCH3 is 1. The Morgan fingerprint density at radius 1 is 1.29 bits per heavy atom. The Morgan fingerprint density at radius 3 is 2.81 bits per heavy atom. The van der Waals surface area contributed by atoms with E-state index < -0.39 is 0 Å². The number of amides is 1. The number of benzene rings is 1. The molecule has 5 nitrogen and oxygen atoms in total. The monoisotopic (exact) mass is 285 g/mol. The average molecular weight is 285 g/mol. The van der Waals surface area contributed by atoms with Gasteiger partial charge in [0.15, 0.2) is 0 Å². The van der Waals surface area contributed by atoms with Gasteiger partial charge in [-0.2, -0.15) is 0 Å². The van der Waals surface area contributed by atoms with E-state index in [1.807, 2.05) is 31.2 Å². The Kier molecular flexibility index (Phi) is 5.15. The van der Waals surface area contributed by atoms with Crippen LogP contribution in [0.4, 0.5) is 5.82 Å². The number of pyridine rings is 1. The first-order valence-electron chi connectivity index (χ1n) is 6.84. The summed E-state index contributed by atoms with van der Waals surface area (Å²) >= 11 is 0. The van der Waals surface area contributed by atoms with E-state index in [9.17, 15) is 4.79 Å². The van der Waals surface area contributed by atoms with Gasteiger partial charge in [0, 0.05) is 19.3 Å². The van der Waals surface area contributed by atoms with E-state index in [0.717, 1.165) is 23.7 Å². The summed E-state index contributed by atoms with van der Waals surface area (Å²) in [6.45, 7) is 3.25. The van der Waals surface area contributed by atoms with Crippen molar-refractivity contribution in [2.24, 2.45) is 0 Å². The van der Waals surface area contributed by atoms with Crippen LogP contribution in [0.5, 0.6) is 5.75 Å². The molecule has 1 heterocycles. The summed E-state index contributed by atoms with van der Waals surface area (Å²) in [5.74, 6) is 1.40. The van der Waals surface area contributed by atoms with Crippen LogP contribution in [0.15, 0.2) is 42.6 Å². The third kappa shape index (κ3) is 4.21. The Bertz CT molecular complexity index is 597. The molecule has 110 valence electrons. The molecule has 0 bridgehead atoms. The van der Waals surface area contributed by atoms with Crippen LogP contribution in [-0.2, 0) is 6.54 Å². The number of aromatic nitrogens is 1. The average Bonchev–Trinajstić information content (AvgIpc) is 2.54. The standard InChI is InChI=1S/C16H19N3O2/c1-3-17-15-8-7-13(11-18-15)16(20)19-10-12-5-4-6-14(9-12)21-2/h4-9,11H,3,10H2,1-2H3,(H,17,18)(H,19,20). The molecule has 1 amide bonds. The Balaban J connectivity index is 1.94. The van der Waals surface area contributed by atoms with Gasteiger partial charge in [0.2, 0.25) is 0 Å². The SMILES string of the molecule is CCNc1ccc(C(=O)NCc2cccc(OC)c2)cn1. The minimum absolute atomic E-state index is 0.145. The van der Waals surface area contributed by atoms with E-state index in [4.69, 9.17) is 4.74 Å². The van der Waals surface area contributed by atoms with Gasteiger partial charge in [-0.25, -0.2) is 4.98 Å². The van der Waals surface area contributed by atoms with Gasteiger partial charge in [0.25, 0.3) is 5.91 Å². The fraction of sp³-hybridized carbons (Fsp3) is 0.250. The van der Waals surface area contributed by atoms with Gasteiger partial charge in [-0.1, -0.05) is 12.1 Å². The molecule has 0 saturated carbocycles. The summed E-state index contributed by atoms with van der Waals surface area (Å²) in [4.78, 5) is 16.2. The molecule has 0 fully saturated rings. The number of ether oxygens (including phenoxy) is 1. The number of carbonyl (C=O) groups is 1. The van der Waals surface area contributed by atoms with Crippen molar-refractivity contribution in [2.45, 2.75) is 13.5 Å². The van der Waals surface area contributed by atoms with Crippen LogP contribution in [-0.4, -0.2) is 24.5 Å². The van der Waals surface area contributed by atoms with E-state index in [1.54, 1.807) is 25.4 Å². The summed E-state index contributed by atoms with van der Waals surface area (Å²) < 4.78 is 5.15. The maximum Gasteiger partial charge on any atom is 0.253 e. The highest BCUT2D eigenvalue weighted by Gasteiger charge is 2.06. The molecular weight excluding hydrogens is 266 g/mol. The molecule has 1 aromatic heterocycles. The van der Waals surface area contributed by atoms with Gasteiger partial charge < -0.3 is 15.4 Å². The zero-order valence-corrected chi connectivity index (χ0v) is 12.2. The first-order chi connectivity index (χ1) is 10.2. The van der Waals surface area contributed by atoms with Crippen LogP contribution < -0.4 is 15.4 Å². The van der Waals surface area contributed by atoms with E-state index in [1.165, 1.54) is 0 Å². The predicted octanol–water partition coefficient (Wildman–Crippen LogP) is 2.45. The lowest BCUT2D eigenvalue weighted by molar-refractivity contribution is 0.0950. The summed E-state index contributed by atoms with van der Waals surface area (Å²) in [5.41, 5.74) is 1.53. The van der Waals surface area contributed by atoms with Gasteiger partial charge in [-0.05, 0) is 36.8 Å². The van der Waals surface area contributed by atoms with Crippen LogP contribution in [0, 0.1) is 0 Å². The second kappa shape index (κ2) is 7.28. The molecule has 2 rings (SSSR count). The van der Waals surface area contributed by atoms with Gasteiger partial charge >= 0.3 is 0 Å². The smallest absolute Gasteiger partial charge is 0.253 e. The molecule has 0 unspecified atom stereocenters. The molecule has 5 heteroatoms. The van der Waals surface area contributed by atoms with E-state index in [0.29, 0.717) is 12.1 Å². The third-order valence-electron chi connectivity index (χ3n) is 2.97.